The summed E-state index contributed by atoms with van der Waals surface area (Å²) in [7, 11) is 0. The van der Waals surface area contributed by atoms with Crippen molar-refractivity contribution in [3.8, 4) is 6.19 Å². The highest BCUT2D eigenvalue weighted by molar-refractivity contribution is 6.31. The summed E-state index contributed by atoms with van der Waals surface area (Å²) in [6.07, 6.45) is 1.86. The molecule has 2 rings (SSSR count). The molecule has 0 aliphatic carbocycles. The van der Waals surface area contributed by atoms with E-state index in [0.29, 0.717) is 40.3 Å². The molecule has 6 nitrogen and oxygen atoms in total. The summed E-state index contributed by atoms with van der Waals surface area (Å²) in [6.45, 7) is 4.74. The maximum Gasteiger partial charge on any atom is 0.251 e. The number of anilines is 1. The molecule has 0 saturated heterocycles. The minimum atomic E-state index is -0.333. The fraction of sp³-hybridized carbons (Fsp3) is 0.250. The number of benzene rings is 2. The smallest absolute Gasteiger partial charge is 0.251 e. The minimum absolute atomic E-state index is 0.179. The second kappa shape index (κ2) is 9.98. The molecule has 0 bridgehead atoms. The number of aliphatic imine (C=N–C) groups is 1. The summed E-state index contributed by atoms with van der Waals surface area (Å²) < 4.78 is 0. The Hall–Kier alpha value is -2.75. The van der Waals surface area contributed by atoms with Gasteiger partial charge in [0.15, 0.2) is 6.19 Å². The molecule has 0 radical (unpaired) electrons. The molecule has 0 unspecified atom stereocenters. The van der Waals surface area contributed by atoms with Crippen LogP contribution in [0.5, 0.6) is 0 Å². The van der Waals surface area contributed by atoms with Gasteiger partial charge in [-0.25, -0.2) is 0 Å². The van der Waals surface area contributed by atoms with Gasteiger partial charge in [0.05, 0.1) is 0 Å². The van der Waals surface area contributed by atoms with Gasteiger partial charge in [0.2, 0.25) is 5.96 Å². The summed E-state index contributed by atoms with van der Waals surface area (Å²) >= 11 is 11.8. The third-order valence-electron chi connectivity index (χ3n) is 3.76. The second-order valence-electron chi connectivity index (χ2n) is 6.89. The molecule has 0 heterocycles. The van der Waals surface area contributed by atoms with Crippen LogP contribution in [0.15, 0.2) is 53.5 Å². The Balaban J connectivity index is 1.96. The minimum Gasteiger partial charge on any atom is -0.351 e. The molecule has 2 aromatic rings. The molecule has 0 aliphatic heterocycles. The second-order valence-corrected chi connectivity index (χ2v) is 7.76. The third-order valence-corrected chi connectivity index (χ3v) is 4.25. The van der Waals surface area contributed by atoms with Crippen LogP contribution in [0.1, 0.15) is 24.2 Å². The van der Waals surface area contributed by atoms with Crippen LogP contribution in [0, 0.1) is 16.9 Å². The zero-order valence-corrected chi connectivity index (χ0v) is 17.1. The summed E-state index contributed by atoms with van der Waals surface area (Å²) in [4.78, 5) is 16.7. The average molecular weight is 418 g/mol. The van der Waals surface area contributed by atoms with Crippen molar-refractivity contribution >= 4 is 40.8 Å². The molecule has 0 aliphatic rings. The van der Waals surface area contributed by atoms with Crippen molar-refractivity contribution in [2.24, 2.45) is 10.4 Å². The first-order valence-corrected chi connectivity index (χ1v) is 9.30. The van der Waals surface area contributed by atoms with Gasteiger partial charge < -0.3 is 10.6 Å². The van der Waals surface area contributed by atoms with Crippen molar-refractivity contribution in [3.05, 3.63) is 64.1 Å². The fourth-order valence-electron chi connectivity index (χ4n) is 2.24. The van der Waals surface area contributed by atoms with Crippen molar-refractivity contribution in [3.63, 3.8) is 0 Å². The standard InChI is InChI=1S/C20H21Cl2N5O/c1-20(2,11-24-18(28)14-6-8-15(21)9-7-14)12-25-19(26-13-23)27-17-5-3-4-16(22)10-17/h3-10H,11-12H2,1-2H3,(H,24,28)(H2,25,26,27). The Morgan fingerprint density at radius 2 is 1.86 bits per heavy atom. The van der Waals surface area contributed by atoms with Crippen LogP contribution in [0.4, 0.5) is 5.69 Å². The van der Waals surface area contributed by atoms with Gasteiger partial charge in [0.1, 0.15) is 0 Å². The van der Waals surface area contributed by atoms with Gasteiger partial charge in [0, 0.05) is 39.8 Å². The van der Waals surface area contributed by atoms with E-state index in [9.17, 15) is 4.79 Å². The normalized spacial score (nSPS) is 11.5. The first-order valence-electron chi connectivity index (χ1n) is 8.55. The number of halogens is 2. The van der Waals surface area contributed by atoms with Crippen LogP contribution in [-0.2, 0) is 0 Å². The largest absolute Gasteiger partial charge is 0.351 e. The maximum absolute atomic E-state index is 12.2. The monoisotopic (exact) mass is 417 g/mol. The Morgan fingerprint density at radius 1 is 1.14 bits per heavy atom. The zero-order chi connectivity index (χ0) is 20.6. The van der Waals surface area contributed by atoms with E-state index in [4.69, 9.17) is 28.5 Å². The molecule has 0 atom stereocenters. The molecule has 3 N–H and O–H groups in total. The topological polar surface area (TPSA) is 89.3 Å². The molecule has 1 amide bonds. The van der Waals surface area contributed by atoms with Crippen LogP contribution >= 0.6 is 23.2 Å². The van der Waals surface area contributed by atoms with Crippen LogP contribution in [0.25, 0.3) is 0 Å². The Kier molecular flexibility index (Phi) is 7.68. The third kappa shape index (κ3) is 7.10. The summed E-state index contributed by atoms with van der Waals surface area (Å²) in [5, 5.41) is 18.5. The Labute approximate surface area is 174 Å². The SMILES string of the molecule is CC(C)(CN=C(NC#N)Nc1cccc(Cl)c1)CNC(=O)c1ccc(Cl)cc1. The van der Waals surface area contributed by atoms with Gasteiger partial charge in [-0.2, -0.15) is 5.26 Å². The summed E-state index contributed by atoms with van der Waals surface area (Å²) in [6, 6.07) is 13.8. The molecule has 8 heteroatoms. The number of carbonyl (C=O) groups excluding carboxylic acids is 1. The highest BCUT2D eigenvalue weighted by atomic mass is 35.5. The number of rotatable bonds is 6. The van der Waals surface area contributed by atoms with Crippen LogP contribution in [-0.4, -0.2) is 25.0 Å². The molecule has 2 aromatic carbocycles. The first-order chi connectivity index (χ1) is 13.3. The van der Waals surface area contributed by atoms with Crippen LogP contribution in [0.3, 0.4) is 0 Å². The lowest BCUT2D eigenvalue weighted by Gasteiger charge is -2.23. The molecule has 0 aromatic heterocycles. The molecule has 28 heavy (non-hydrogen) atoms. The number of nitriles is 1. The van der Waals surface area contributed by atoms with E-state index in [1.165, 1.54) is 0 Å². The van der Waals surface area contributed by atoms with Crippen molar-refractivity contribution < 1.29 is 4.79 Å². The molecular weight excluding hydrogens is 397 g/mol. The van der Waals surface area contributed by atoms with E-state index < -0.39 is 0 Å². The number of nitrogens with zero attached hydrogens (tertiary/aromatic N) is 2. The van der Waals surface area contributed by atoms with Crippen LogP contribution in [0.2, 0.25) is 10.0 Å². The van der Waals surface area contributed by atoms with E-state index in [0.717, 1.165) is 0 Å². The van der Waals surface area contributed by atoms with Gasteiger partial charge in [0.25, 0.3) is 5.91 Å². The Morgan fingerprint density at radius 3 is 2.50 bits per heavy atom. The number of hydrogen-bond acceptors (Lipinski definition) is 3. The Bertz CT molecular complexity index is 888. The van der Waals surface area contributed by atoms with Crippen LogP contribution < -0.4 is 16.0 Å². The van der Waals surface area contributed by atoms with Gasteiger partial charge in [-0.05, 0) is 42.5 Å². The van der Waals surface area contributed by atoms with Gasteiger partial charge in [-0.3, -0.25) is 15.1 Å². The van der Waals surface area contributed by atoms with Gasteiger partial charge >= 0.3 is 0 Å². The molecule has 0 saturated carbocycles. The van der Waals surface area contributed by atoms with E-state index in [1.54, 1.807) is 42.5 Å². The number of guanidine groups is 1. The lowest BCUT2D eigenvalue weighted by molar-refractivity contribution is 0.0938. The highest BCUT2D eigenvalue weighted by Crippen LogP contribution is 2.17. The first kappa shape index (κ1) is 21.5. The molecule has 146 valence electrons. The molecule has 0 fully saturated rings. The number of hydrogen-bond donors (Lipinski definition) is 3. The summed E-state index contributed by atoms with van der Waals surface area (Å²) in [5.41, 5.74) is 0.918. The van der Waals surface area contributed by atoms with Crippen molar-refractivity contribution in [1.82, 2.24) is 10.6 Å². The van der Waals surface area contributed by atoms with E-state index in [1.807, 2.05) is 26.1 Å². The quantitative estimate of drug-likeness (QED) is 0.283. The lowest BCUT2D eigenvalue weighted by atomic mass is 9.93. The highest BCUT2D eigenvalue weighted by Gasteiger charge is 2.19. The summed E-state index contributed by atoms with van der Waals surface area (Å²) in [5.74, 6) is 0.128. The lowest BCUT2D eigenvalue weighted by Crippen LogP contribution is -2.37. The molecule has 0 spiro atoms. The predicted molar refractivity (Wildman–Crippen MR) is 114 cm³/mol. The van der Waals surface area contributed by atoms with Gasteiger partial charge in [-0.1, -0.05) is 43.1 Å². The van der Waals surface area contributed by atoms with Gasteiger partial charge in [-0.15, -0.1) is 0 Å². The average Bonchev–Trinajstić information content (AvgIpc) is 2.65. The van der Waals surface area contributed by atoms with Crippen molar-refractivity contribution in [2.75, 3.05) is 18.4 Å². The predicted octanol–water partition coefficient (Wildman–Crippen LogP) is 4.29. The van der Waals surface area contributed by atoms with E-state index in [2.05, 4.69) is 20.9 Å². The number of amides is 1. The number of nitrogens with one attached hydrogen (secondary N) is 3. The number of carbonyl (C=O) groups is 1. The molecular formula is C20H21Cl2N5O. The van der Waals surface area contributed by atoms with E-state index >= 15 is 0 Å². The van der Waals surface area contributed by atoms with Crippen molar-refractivity contribution in [1.29, 1.82) is 5.26 Å². The fourth-order valence-corrected chi connectivity index (χ4v) is 2.55. The maximum atomic E-state index is 12.2. The zero-order valence-electron chi connectivity index (χ0n) is 15.6. The van der Waals surface area contributed by atoms with E-state index in [-0.39, 0.29) is 11.3 Å². The van der Waals surface area contributed by atoms with Crippen molar-refractivity contribution in [2.45, 2.75) is 13.8 Å².